The Bertz CT molecular complexity index is 1240. The maximum Gasteiger partial charge on any atom is 0.267 e. The Morgan fingerprint density at radius 2 is 1.97 bits per heavy atom. The van der Waals surface area contributed by atoms with Crippen LogP contribution in [0.25, 0.3) is 15.9 Å². The summed E-state index contributed by atoms with van der Waals surface area (Å²) in [5.41, 5.74) is 2.07. The van der Waals surface area contributed by atoms with E-state index in [1.165, 1.54) is 35.0 Å². The zero-order chi connectivity index (χ0) is 20.5. The molecule has 0 atom stereocenters. The maximum absolute atomic E-state index is 13.7. The highest BCUT2D eigenvalue weighted by atomic mass is 32.2. The van der Waals surface area contributed by atoms with Gasteiger partial charge in [0.05, 0.1) is 16.8 Å². The van der Waals surface area contributed by atoms with Gasteiger partial charge in [0, 0.05) is 11.3 Å². The molecule has 0 aliphatic heterocycles. The van der Waals surface area contributed by atoms with Gasteiger partial charge in [0.15, 0.2) is 11.0 Å². The third-order valence-corrected chi connectivity index (χ3v) is 7.48. The van der Waals surface area contributed by atoms with Crippen molar-refractivity contribution in [2.45, 2.75) is 56.4 Å². The topological polar surface area (TPSA) is 73.8 Å². The van der Waals surface area contributed by atoms with Crippen LogP contribution in [0.15, 0.2) is 44.8 Å². The van der Waals surface area contributed by atoms with Crippen molar-refractivity contribution >= 4 is 33.3 Å². The van der Waals surface area contributed by atoms with Crippen LogP contribution in [-0.2, 0) is 25.0 Å². The van der Waals surface area contributed by atoms with E-state index in [9.17, 15) is 4.79 Å². The summed E-state index contributed by atoms with van der Waals surface area (Å²) in [6, 6.07) is 9.74. The van der Waals surface area contributed by atoms with Crippen LogP contribution in [0.1, 0.15) is 48.3 Å². The van der Waals surface area contributed by atoms with Crippen LogP contribution in [0.2, 0.25) is 0 Å². The van der Waals surface area contributed by atoms with E-state index in [1.54, 1.807) is 15.9 Å². The molecular weight excluding hydrogens is 416 g/mol. The third kappa shape index (κ3) is 3.58. The average Bonchev–Trinajstić information content (AvgIpc) is 3.30. The van der Waals surface area contributed by atoms with Crippen LogP contribution in [0.3, 0.4) is 0 Å². The molecule has 3 aromatic heterocycles. The van der Waals surface area contributed by atoms with Gasteiger partial charge in [-0.25, -0.2) is 4.98 Å². The zero-order valence-electron chi connectivity index (χ0n) is 16.8. The fourth-order valence-corrected chi connectivity index (χ4v) is 6.04. The molecule has 0 N–H and O–H groups in total. The van der Waals surface area contributed by atoms with Gasteiger partial charge in [0.25, 0.3) is 5.56 Å². The largest absolute Gasteiger partial charge is 0.338 e. The quantitative estimate of drug-likeness (QED) is 0.249. The Morgan fingerprint density at radius 3 is 2.77 bits per heavy atom. The van der Waals surface area contributed by atoms with Crippen LogP contribution in [0.4, 0.5) is 0 Å². The van der Waals surface area contributed by atoms with Crippen LogP contribution < -0.4 is 5.56 Å². The number of para-hydroxylation sites is 1. The minimum Gasteiger partial charge on any atom is -0.338 e. The van der Waals surface area contributed by atoms with E-state index in [0.29, 0.717) is 22.6 Å². The number of hydrogen-bond donors (Lipinski definition) is 0. The van der Waals surface area contributed by atoms with Gasteiger partial charge in [-0.3, -0.25) is 9.36 Å². The van der Waals surface area contributed by atoms with Gasteiger partial charge in [-0.15, -0.1) is 11.3 Å². The summed E-state index contributed by atoms with van der Waals surface area (Å²) in [5, 5.41) is 5.42. The second-order valence-corrected chi connectivity index (χ2v) is 9.39. The minimum atomic E-state index is 0.0212. The summed E-state index contributed by atoms with van der Waals surface area (Å²) in [4.78, 5) is 25.2. The first kappa shape index (κ1) is 19.5. The van der Waals surface area contributed by atoms with E-state index in [-0.39, 0.29) is 5.56 Å². The normalized spacial score (nSPS) is 14.0. The van der Waals surface area contributed by atoms with Gasteiger partial charge >= 0.3 is 0 Å². The second kappa shape index (κ2) is 8.35. The maximum atomic E-state index is 13.7. The lowest BCUT2D eigenvalue weighted by molar-refractivity contribution is 0.385. The zero-order valence-corrected chi connectivity index (χ0v) is 18.4. The van der Waals surface area contributed by atoms with Crippen molar-refractivity contribution in [1.29, 1.82) is 0 Å². The molecule has 0 bridgehead atoms. The molecule has 8 heteroatoms. The number of thioether (sulfide) groups is 1. The summed E-state index contributed by atoms with van der Waals surface area (Å²) < 4.78 is 7.06. The van der Waals surface area contributed by atoms with Crippen molar-refractivity contribution < 1.29 is 4.52 Å². The molecular formula is C22H22N4O2S2. The van der Waals surface area contributed by atoms with Gasteiger partial charge < -0.3 is 4.52 Å². The summed E-state index contributed by atoms with van der Waals surface area (Å²) in [5.74, 6) is 1.72. The van der Waals surface area contributed by atoms with E-state index in [4.69, 9.17) is 9.51 Å². The SMILES string of the molecule is CCc1noc(CSc2nc3sc4c(c3c(=O)n2-c2ccccc2)CCCCC4)n1. The number of aromatic nitrogens is 4. The molecule has 154 valence electrons. The lowest BCUT2D eigenvalue weighted by Crippen LogP contribution is -2.22. The van der Waals surface area contributed by atoms with Gasteiger partial charge in [-0.2, -0.15) is 4.98 Å². The fraction of sp³-hybridized carbons (Fsp3) is 0.364. The van der Waals surface area contributed by atoms with Crippen LogP contribution in [-0.4, -0.2) is 19.7 Å². The number of hydrogen-bond acceptors (Lipinski definition) is 7. The molecule has 0 spiro atoms. The molecule has 0 saturated carbocycles. The second-order valence-electron chi connectivity index (χ2n) is 7.36. The number of thiophene rings is 1. The van der Waals surface area contributed by atoms with E-state index < -0.39 is 0 Å². The Balaban J connectivity index is 1.63. The predicted octanol–water partition coefficient (Wildman–Crippen LogP) is 4.95. The average molecular weight is 439 g/mol. The molecule has 0 fully saturated rings. The lowest BCUT2D eigenvalue weighted by Gasteiger charge is -2.12. The standard InChI is InChI=1S/C22H22N4O2S2/c1-2-17-23-18(28-25-17)13-29-22-24-20-19(15-11-7-4-8-12-16(15)30-20)21(27)26(22)14-9-5-3-6-10-14/h3,5-6,9-10H,2,4,7-8,11-13H2,1H3. The first-order chi connectivity index (χ1) is 14.7. The highest BCUT2D eigenvalue weighted by molar-refractivity contribution is 7.98. The molecule has 6 nitrogen and oxygen atoms in total. The fourth-order valence-electron chi connectivity index (χ4n) is 3.88. The third-order valence-electron chi connectivity index (χ3n) is 5.37. The van der Waals surface area contributed by atoms with E-state index >= 15 is 0 Å². The number of benzene rings is 1. The minimum absolute atomic E-state index is 0.0212. The highest BCUT2D eigenvalue weighted by Gasteiger charge is 2.22. The van der Waals surface area contributed by atoms with Gasteiger partial charge in [-0.1, -0.05) is 48.5 Å². The Kier molecular flexibility index (Phi) is 5.43. The molecule has 0 radical (unpaired) electrons. The van der Waals surface area contributed by atoms with E-state index in [0.717, 1.165) is 41.6 Å². The van der Waals surface area contributed by atoms with Crippen molar-refractivity contribution in [2.75, 3.05) is 0 Å². The molecule has 0 amide bonds. The van der Waals surface area contributed by atoms with E-state index in [2.05, 4.69) is 10.1 Å². The Labute approximate surface area is 182 Å². The van der Waals surface area contributed by atoms with E-state index in [1.807, 2.05) is 37.3 Å². The lowest BCUT2D eigenvalue weighted by atomic mass is 10.1. The van der Waals surface area contributed by atoms with Crippen molar-refractivity contribution in [3.8, 4) is 5.69 Å². The van der Waals surface area contributed by atoms with Crippen molar-refractivity contribution in [3.05, 3.63) is 62.8 Å². The van der Waals surface area contributed by atoms with Crippen LogP contribution in [0, 0.1) is 0 Å². The van der Waals surface area contributed by atoms with Crippen LogP contribution >= 0.6 is 23.1 Å². The summed E-state index contributed by atoms with van der Waals surface area (Å²) in [6.45, 7) is 1.99. The highest BCUT2D eigenvalue weighted by Crippen LogP contribution is 2.35. The number of aryl methyl sites for hydroxylation is 3. The first-order valence-electron chi connectivity index (χ1n) is 10.3. The molecule has 3 heterocycles. The Morgan fingerprint density at radius 1 is 1.13 bits per heavy atom. The number of rotatable bonds is 5. The smallest absolute Gasteiger partial charge is 0.267 e. The predicted molar refractivity (Wildman–Crippen MR) is 120 cm³/mol. The van der Waals surface area contributed by atoms with Crippen molar-refractivity contribution in [3.63, 3.8) is 0 Å². The Hall–Kier alpha value is -2.45. The molecule has 1 aliphatic carbocycles. The molecule has 0 unspecified atom stereocenters. The van der Waals surface area contributed by atoms with Gasteiger partial charge in [0.2, 0.25) is 5.89 Å². The molecule has 1 aliphatic rings. The van der Waals surface area contributed by atoms with Crippen molar-refractivity contribution in [2.24, 2.45) is 0 Å². The molecule has 0 saturated heterocycles. The molecule has 1 aromatic carbocycles. The molecule has 4 aromatic rings. The first-order valence-corrected chi connectivity index (χ1v) is 12.1. The van der Waals surface area contributed by atoms with Crippen molar-refractivity contribution in [1.82, 2.24) is 19.7 Å². The van der Waals surface area contributed by atoms with Gasteiger partial charge in [0.1, 0.15) is 4.83 Å². The monoisotopic (exact) mass is 438 g/mol. The summed E-state index contributed by atoms with van der Waals surface area (Å²) in [7, 11) is 0. The van der Waals surface area contributed by atoms with Crippen LogP contribution in [0.5, 0.6) is 0 Å². The molecule has 30 heavy (non-hydrogen) atoms. The number of nitrogens with zero attached hydrogens (tertiary/aromatic N) is 4. The van der Waals surface area contributed by atoms with Gasteiger partial charge in [-0.05, 0) is 43.4 Å². The number of fused-ring (bicyclic) bond motifs is 3. The molecule has 5 rings (SSSR count). The summed E-state index contributed by atoms with van der Waals surface area (Å²) in [6.07, 6.45) is 6.29. The summed E-state index contributed by atoms with van der Waals surface area (Å²) >= 11 is 3.15.